The van der Waals surface area contributed by atoms with Crippen molar-refractivity contribution in [2.75, 3.05) is 0 Å². The fourth-order valence-corrected chi connectivity index (χ4v) is 1.77. The van der Waals surface area contributed by atoms with Gasteiger partial charge in [-0.05, 0) is 22.5 Å². The van der Waals surface area contributed by atoms with E-state index in [2.05, 4.69) is 15.9 Å². The van der Waals surface area contributed by atoms with Crippen LogP contribution in [0.3, 0.4) is 0 Å². The van der Waals surface area contributed by atoms with E-state index >= 15 is 0 Å². The predicted molar refractivity (Wildman–Crippen MR) is 55.4 cm³/mol. The van der Waals surface area contributed by atoms with E-state index in [-0.39, 0.29) is 0 Å². The highest BCUT2D eigenvalue weighted by Crippen LogP contribution is 2.27. The van der Waals surface area contributed by atoms with E-state index in [0.717, 1.165) is 9.92 Å². The molecule has 0 heterocycles. The summed E-state index contributed by atoms with van der Waals surface area (Å²) in [5, 5.41) is 2.73. The van der Waals surface area contributed by atoms with E-state index < -0.39 is 0 Å². The molecule has 0 aromatic heterocycles. The van der Waals surface area contributed by atoms with Gasteiger partial charge in [-0.1, -0.05) is 51.4 Å². The minimum atomic E-state index is 0.795. The van der Waals surface area contributed by atoms with E-state index in [4.69, 9.17) is 11.6 Å². The second-order valence-corrected chi connectivity index (χ2v) is 3.69. The molecule has 0 aliphatic rings. The Kier molecular flexibility index (Phi) is 4.05. The molecule has 0 aliphatic heterocycles. The van der Waals surface area contributed by atoms with E-state index in [0.29, 0.717) is 0 Å². The van der Waals surface area contributed by atoms with Gasteiger partial charge in [-0.25, -0.2) is 0 Å². The van der Waals surface area contributed by atoms with Crippen molar-refractivity contribution in [3.05, 3.63) is 39.7 Å². The summed E-state index contributed by atoms with van der Waals surface area (Å²) >= 11 is 10.7. The first-order valence-electron chi connectivity index (χ1n) is 3.01. The molecule has 0 aliphatic carbocycles. The smallest absolute Gasteiger partial charge is 0.0545 e. The molecule has 0 unspecified atom stereocenters. The Labute approximate surface area is 83.8 Å². The van der Waals surface area contributed by atoms with Crippen molar-refractivity contribution in [1.29, 1.82) is 0 Å². The minimum absolute atomic E-state index is 0.795. The first-order chi connectivity index (χ1) is 5.34. The number of hydrogen-bond acceptors (Lipinski definition) is 1. The Bertz CT molecular complexity index is 260. The summed E-state index contributed by atoms with van der Waals surface area (Å²) in [6.07, 6.45) is 0. The number of halogens is 2. The van der Waals surface area contributed by atoms with Crippen LogP contribution in [0.25, 0.3) is 0 Å². The first kappa shape index (κ1) is 9.17. The standard InChI is InChI=1S/C8H6BrClS/c9-5-6-11-8-4-2-1-3-7(8)10/h1-6H. The predicted octanol–water partition coefficient (Wildman–Crippen LogP) is 4.30. The molecule has 0 radical (unpaired) electrons. The van der Waals surface area contributed by atoms with E-state index in [1.165, 1.54) is 0 Å². The van der Waals surface area contributed by atoms with Gasteiger partial charge in [0.2, 0.25) is 0 Å². The second kappa shape index (κ2) is 4.86. The Hall–Kier alpha value is 0.0800. The quantitative estimate of drug-likeness (QED) is 0.704. The largest absolute Gasteiger partial charge is 0.0960 e. The van der Waals surface area contributed by atoms with Crippen LogP contribution >= 0.6 is 39.3 Å². The van der Waals surface area contributed by atoms with Gasteiger partial charge in [0.25, 0.3) is 0 Å². The second-order valence-electron chi connectivity index (χ2n) is 1.81. The summed E-state index contributed by atoms with van der Waals surface area (Å²) in [4.78, 5) is 2.88. The van der Waals surface area contributed by atoms with Gasteiger partial charge >= 0.3 is 0 Å². The van der Waals surface area contributed by atoms with Crippen molar-refractivity contribution < 1.29 is 0 Å². The van der Waals surface area contributed by atoms with Crippen molar-refractivity contribution in [1.82, 2.24) is 0 Å². The summed E-state index contributed by atoms with van der Waals surface area (Å²) in [5.41, 5.74) is 0. The first-order valence-corrected chi connectivity index (χ1v) is 5.18. The maximum atomic E-state index is 5.89. The van der Waals surface area contributed by atoms with Gasteiger partial charge in [0.05, 0.1) is 5.02 Å². The minimum Gasteiger partial charge on any atom is -0.0960 e. The molecule has 0 fully saturated rings. The van der Waals surface area contributed by atoms with Gasteiger partial charge in [-0.15, -0.1) is 0 Å². The van der Waals surface area contributed by atoms with Gasteiger partial charge in [0, 0.05) is 4.90 Å². The fourth-order valence-electron chi connectivity index (χ4n) is 0.639. The van der Waals surface area contributed by atoms with Crippen LogP contribution in [0, 0.1) is 0 Å². The molecule has 1 rings (SSSR count). The van der Waals surface area contributed by atoms with Crippen LogP contribution in [0.1, 0.15) is 0 Å². The lowest BCUT2D eigenvalue weighted by Crippen LogP contribution is -1.68. The number of hydrogen-bond donors (Lipinski definition) is 0. The Balaban J connectivity index is 2.77. The molecular weight excluding hydrogens is 244 g/mol. The monoisotopic (exact) mass is 248 g/mol. The lowest BCUT2D eigenvalue weighted by atomic mass is 10.4. The van der Waals surface area contributed by atoms with E-state index in [1.807, 2.05) is 29.7 Å². The summed E-state index contributed by atoms with van der Waals surface area (Å²) in [6.45, 7) is 0. The SMILES string of the molecule is Clc1ccccc1SC=CBr. The molecule has 0 N–H and O–H groups in total. The third-order valence-electron chi connectivity index (χ3n) is 1.08. The van der Waals surface area contributed by atoms with Crippen LogP contribution < -0.4 is 0 Å². The fraction of sp³-hybridized carbons (Fsp3) is 0. The van der Waals surface area contributed by atoms with Crippen LogP contribution in [0.15, 0.2) is 39.6 Å². The molecule has 0 amide bonds. The van der Waals surface area contributed by atoms with Crippen molar-refractivity contribution in [2.45, 2.75) is 4.90 Å². The summed E-state index contributed by atoms with van der Waals surface area (Å²) < 4.78 is 0. The normalized spacial score (nSPS) is 10.7. The Morgan fingerprint density at radius 2 is 2.09 bits per heavy atom. The number of benzene rings is 1. The van der Waals surface area contributed by atoms with Crippen LogP contribution in [0.4, 0.5) is 0 Å². The molecule has 0 saturated heterocycles. The van der Waals surface area contributed by atoms with Crippen molar-refractivity contribution in [2.24, 2.45) is 0 Å². The van der Waals surface area contributed by atoms with E-state index in [1.54, 1.807) is 16.7 Å². The molecule has 58 valence electrons. The van der Waals surface area contributed by atoms with Gasteiger partial charge < -0.3 is 0 Å². The molecule has 11 heavy (non-hydrogen) atoms. The topological polar surface area (TPSA) is 0 Å². The third kappa shape index (κ3) is 2.89. The van der Waals surface area contributed by atoms with Crippen LogP contribution in [0.5, 0.6) is 0 Å². The average molecular weight is 250 g/mol. The van der Waals surface area contributed by atoms with Crippen molar-refractivity contribution >= 4 is 39.3 Å². The highest BCUT2D eigenvalue weighted by atomic mass is 79.9. The Morgan fingerprint density at radius 1 is 1.36 bits per heavy atom. The highest BCUT2D eigenvalue weighted by molar-refractivity contribution is 9.11. The lowest BCUT2D eigenvalue weighted by Gasteiger charge is -1.96. The summed E-state index contributed by atoms with van der Waals surface area (Å²) in [5.74, 6) is 0. The number of rotatable bonds is 2. The zero-order valence-electron chi connectivity index (χ0n) is 5.63. The van der Waals surface area contributed by atoms with Gasteiger partial charge in [0.15, 0.2) is 0 Å². The zero-order chi connectivity index (χ0) is 8.10. The molecule has 0 atom stereocenters. The van der Waals surface area contributed by atoms with Gasteiger partial charge in [-0.2, -0.15) is 0 Å². The maximum absolute atomic E-state index is 5.89. The molecule has 0 nitrogen and oxygen atoms in total. The maximum Gasteiger partial charge on any atom is 0.0545 e. The van der Waals surface area contributed by atoms with Crippen LogP contribution in [-0.2, 0) is 0 Å². The zero-order valence-corrected chi connectivity index (χ0v) is 8.79. The van der Waals surface area contributed by atoms with Crippen LogP contribution in [0.2, 0.25) is 5.02 Å². The highest BCUT2D eigenvalue weighted by Gasteiger charge is 1.94. The van der Waals surface area contributed by atoms with E-state index in [9.17, 15) is 0 Å². The molecule has 1 aromatic rings. The molecule has 0 saturated carbocycles. The average Bonchev–Trinajstić information content (AvgIpc) is 2.03. The molecule has 0 spiro atoms. The summed E-state index contributed by atoms with van der Waals surface area (Å²) in [7, 11) is 0. The molecule has 0 bridgehead atoms. The Morgan fingerprint density at radius 3 is 2.73 bits per heavy atom. The van der Waals surface area contributed by atoms with Crippen molar-refractivity contribution in [3.63, 3.8) is 0 Å². The van der Waals surface area contributed by atoms with Crippen LogP contribution in [-0.4, -0.2) is 0 Å². The third-order valence-corrected chi connectivity index (χ3v) is 3.02. The molecule has 3 heteroatoms. The molecular formula is C8H6BrClS. The summed E-state index contributed by atoms with van der Waals surface area (Å²) in [6, 6.07) is 7.76. The molecule has 1 aromatic carbocycles. The van der Waals surface area contributed by atoms with Crippen molar-refractivity contribution in [3.8, 4) is 0 Å². The number of thioether (sulfide) groups is 1. The lowest BCUT2D eigenvalue weighted by molar-refractivity contribution is 1.47. The van der Waals surface area contributed by atoms with Gasteiger partial charge in [0.1, 0.15) is 0 Å². The van der Waals surface area contributed by atoms with Gasteiger partial charge in [-0.3, -0.25) is 0 Å².